The largest absolute Gasteiger partial charge is 0.310 e. The Morgan fingerprint density at radius 3 is 2.68 bits per heavy atom. The zero-order valence-electron chi connectivity index (χ0n) is 14.2. The molecule has 5 nitrogen and oxygen atoms in total. The molecule has 22 heavy (non-hydrogen) atoms. The quantitative estimate of drug-likeness (QED) is 0.871. The van der Waals surface area contributed by atoms with Crippen LogP contribution in [-0.4, -0.2) is 35.7 Å². The van der Waals surface area contributed by atoms with Crippen LogP contribution in [0.4, 0.5) is 0 Å². The molecule has 0 aliphatic heterocycles. The van der Waals surface area contributed by atoms with Crippen LogP contribution in [0.3, 0.4) is 0 Å². The highest BCUT2D eigenvalue weighted by Gasteiger charge is 2.28. The Balaban J connectivity index is 1.98. The van der Waals surface area contributed by atoms with Gasteiger partial charge in [-0.3, -0.25) is 4.68 Å². The van der Waals surface area contributed by atoms with E-state index in [0.717, 1.165) is 50.9 Å². The molecule has 1 saturated carbocycles. The summed E-state index contributed by atoms with van der Waals surface area (Å²) >= 11 is 0. The van der Waals surface area contributed by atoms with Crippen LogP contribution in [-0.2, 0) is 22.9 Å². The SMILES string of the molecule is CCCn1nc(C)c(CNC2CCCC(S(C)(=O)=O)C2)c1C. The number of sulfone groups is 1. The van der Waals surface area contributed by atoms with Gasteiger partial charge in [-0.05, 0) is 39.5 Å². The third-order valence-corrected chi connectivity index (χ3v) is 6.41. The third-order valence-electron chi connectivity index (χ3n) is 4.77. The molecule has 0 aromatic carbocycles. The van der Waals surface area contributed by atoms with Crippen molar-refractivity contribution in [2.24, 2.45) is 0 Å². The van der Waals surface area contributed by atoms with E-state index in [1.54, 1.807) is 0 Å². The average molecular weight is 327 g/mol. The molecule has 0 spiro atoms. The van der Waals surface area contributed by atoms with Crippen molar-refractivity contribution in [3.05, 3.63) is 17.0 Å². The normalized spacial score (nSPS) is 22.9. The van der Waals surface area contributed by atoms with Crippen LogP contribution in [0.15, 0.2) is 0 Å². The molecule has 0 radical (unpaired) electrons. The van der Waals surface area contributed by atoms with Gasteiger partial charge in [-0.2, -0.15) is 5.10 Å². The molecular weight excluding hydrogens is 298 g/mol. The number of nitrogens with zero attached hydrogens (tertiary/aromatic N) is 2. The lowest BCUT2D eigenvalue weighted by molar-refractivity contribution is 0.370. The fraction of sp³-hybridized carbons (Fsp3) is 0.812. The van der Waals surface area contributed by atoms with E-state index in [1.165, 1.54) is 17.5 Å². The molecule has 1 fully saturated rings. The van der Waals surface area contributed by atoms with Gasteiger partial charge in [-0.1, -0.05) is 13.3 Å². The molecule has 1 aliphatic carbocycles. The molecule has 0 bridgehead atoms. The van der Waals surface area contributed by atoms with E-state index in [-0.39, 0.29) is 5.25 Å². The van der Waals surface area contributed by atoms with E-state index in [9.17, 15) is 8.42 Å². The van der Waals surface area contributed by atoms with Gasteiger partial charge in [0.05, 0.1) is 10.9 Å². The monoisotopic (exact) mass is 327 g/mol. The minimum absolute atomic E-state index is 0.177. The van der Waals surface area contributed by atoms with Gasteiger partial charge in [0.2, 0.25) is 0 Å². The number of hydrogen-bond donors (Lipinski definition) is 1. The van der Waals surface area contributed by atoms with Gasteiger partial charge in [0.1, 0.15) is 9.84 Å². The third kappa shape index (κ3) is 4.10. The van der Waals surface area contributed by atoms with Gasteiger partial charge in [-0.25, -0.2) is 8.42 Å². The molecular formula is C16H29N3O2S. The van der Waals surface area contributed by atoms with Gasteiger partial charge in [0.15, 0.2) is 0 Å². The lowest BCUT2D eigenvalue weighted by Crippen LogP contribution is -2.38. The van der Waals surface area contributed by atoms with Crippen LogP contribution in [0, 0.1) is 13.8 Å². The molecule has 1 aromatic rings. The van der Waals surface area contributed by atoms with Crippen molar-refractivity contribution in [3.63, 3.8) is 0 Å². The summed E-state index contributed by atoms with van der Waals surface area (Å²) in [4.78, 5) is 0. The number of nitrogens with one attached hydrogen (secondary N) is 1. The summed E-state index contributed by atoms with van der Waals surface area (Å²) in [6.07, 6.45) is 6.04. The molecule has 2 rings (SSSR count). The van der Waals surface area contributed by atoms with E-state index in [0.29, 0.717) is 6.04 Å². The second-order valence-corrected chi connectivity index (χ2v) is 8.89. The molecule has 0 saturated heterocycles. The van der Waals surface area contributed by atoms with Gasteiger partial charge < -0.3 is 5.32 Å². The highest BCUT2D eigenvalue weighted by Crippen LogP contribution is 2.24. The fourth-order valence-corrected chi connectivity index (χ4v) is 4.56. The average Bonchev–Trinajstić information content (AvgIpc) is 2.71. The summed E-state index contributed by atoms with van der Waals surface area (Å²) in [7, 11) is -2.92. The minimum Gasteiger partial charge on any atom is -0.310 e. The smallest absolute Gasteiger partial charge is 0.150 e. The second kappa shape index (κ2) is 7.13. The Kier molecular flexibility index (Phi) is 5.66. The van der Waals surface area contributed by atoms with Gasteiger partial charge in [-0.15, -0.1) is 0 Å². The van der Waals surface area contributed by atoms with Crippen molar-refractivity contribution < 1.29 is 8.42 Å². The van der Waals surface area contributed by atoms with Crippen molar-refractivity contribution in [2.75, 3.05) is 6.26 Å². The molecule has 1 aromatic heterocycles. The fourth-order valence-electron chi connectivity index (χ4n) is 3.38. The van der Waals surface area contributed by atoms with Crippen LogP contribution < -0.4 is 5.32 Å². The Hall–Kier alpha value is -0.880. The van der Waals surface area contributed by atoms with Crippen molar-refractivity contribution in [2.45, 2.75) is 77.3 Å². The van der Waals surface area contributed by atoms with Crippen molar-refractivity contribution in [1.82, 2.24) is 15.1 Å². The van der Waals surface area contributed by atoms with Crippen molar-refractivity contribution >= 4 is 9.84 Å². The van der Waals surface area contributed by atoms with E-state index in [2.05, 4.69) is 35.9 Å². The number of aromatic nitrogens is 2. The predicted molar refractivity (Wildman–Crippen MR) is 89.7 cm³/mol. The maximum atomic E-state index is 11.7. The highest BCUT2D eigenvalue weighted by atomic mass is 32.2. The number of rotatable bonds is 6. The van der Waals surface area contributed by atoms with Crippen LogP contribution >= 0.6 is 0 Å². The van der Waals surface area contributed by atoms with Crippen LogP contribution in [0.1, 0.15) is 56.0 Å². The van der Waals surface area contributed by atoms with Crippen LogP contribution in [0.5, 0.6) is 0 Å². The zero-order chi connectivity index (χ0) is 16.3. The molecule has 1 N–H and O–H groups in total. The lowest BCUT2D eigenvalue weighted by atomic mass is 9.94. The Labute approximate surface area is 134 Å². The summed E-state index contributed by atoms with van der Waals surface area (Å²) in [5.41, 5.74) is 3.56. The molecule has 1 aliphatic rings. The minimum atomic E-state index is -2.92. The first-order valence-electron chi connectivity index (χ1n) is 8.28. The molecule has 0 amide bonds. The Morgan fingerprint density at radius 1 is 1.32 bits per heavy atom. The van der Waals surface area contributed by atoms with Gasteiger partial charge in [0, 0.05) is 36.6 Å². The summed E-state index contributed by atoms with van der Waals surface area (Å²) in [5, 5.41) is 7.98. The first-order valence-corrected chi connectivity index (χ1v) is 10.2. The molecule has 126 valence electrons. The molecule has 2 atom stereocenters. The summed E-state index contributed by atoms with van der Waals surface area (Å²) in [5.74, 6) is 0. The number of aryl methyl sites for hydroxylation is 2. The van der Waals surface area contributed by atoms with Crippen molar-refractivity contribution in [1.29, 1.82) is 0 Å². The standard InChI is InChI=1S/C16H29N3O2S/c1-5-9-19-13(3)16(12(2)18-19)11-17-14-7-6-8-15(10-14)22(4,20)21/h14-15,17H,5-11H2,1-4H3. The lowest BCUT2D eigenvalue weighted by Gasteiger charge is -2.28. The van der Waals surface area contributed by atoms with Crippen LogP contribution in [0.25, 0.3) is 0 Å². The molecule has 2 unspecified atom stereocenters. The first kappa shape index (κ1) is 17.5. The highest BCUT2D eigenvalue weighted by molar-refractivity contribution is 7.91. The van der Waals surface area contributed by atoms with Crippen LogP contribution in [0.2, 0.25) is 0 Å². The summed E-state index contributed by atoms with van der Waals surface area (Å²) < 4.78 is 25.6. The maximum absolute atomic E-state index is 11.7. The molecule has 6 heteroatoms. The van der Waals surface area contributed by atoms with E-state index in [4.69, 9.17) is 0 Å². The summed E-state index contributed by atoms with van der Waals surface area (Å²) in [6.45, 7) is 8.06. The predicted octanol–water partition coefficient (Wildman–Crippen LogP) is 2.36. The Morgan fingerprint density at radius 2 is 2.05 bits per heavy atom. The van der Waals surface area contributed by atoms with E-state index in [1.807, 2.05) is 0 Å². The van der Waals surface area contributed by atoms with E-state index >= 15 is 0 Å². The van der Waals surface area contributed by atoms with Gasteiger partial charge in [0.25, 0.3) is 0 Å². The Bertz CT molecular complexity index is 607. The van der Waals surface area contributed by atoms with Crippen molar-refractivity contribution in [3.8, 4) is 0 Å². The first-order chi connectivity index (χ1) is 10.3. The second-order valence-electron chi connectivity index (χ2n) is 6.57. The van der Waals surface area contributed by atoms with Gasteiger partial charge >= 0.3 is 0 Å². The number of hydrogen-bond acceptors (Lipinski definition) is 4. The topological polar surface area (TPSA) is 64.0 Å². The zero-order valence-corrected chi connectivity index (χ0v) is 15.0. The van der Waals surface area contributed by atoms with E-state index < -0.39 is 9.84 Å². The summed E-state index contributed by atoms with van der Waals surface area (Å²) in [6, 6.07) is 0.293. The molecule has 1 heterocycles. The maximum Gasteiger partial charge on any atom is 0.150 e.